The maximum Gasteiger partial charge on any atom is 0.126 e. The molecule has 0 fully saturated rings. The fourth-order valence-electron chi connectivity index (χ4n) is 1.50. The third-order valence-electron chi connectivity index (χ3n) is 2.52. The molecule has 0 saturated heterocycles. The summed E-state index contributed by atoms with van der Waals surface area (Å²) in [5.41, 5.74) is 0.433. The zero-order valence-electron chi connectivity index (χ0n) is 9.41. The zero-order chi connectivity index (χ0) is 12.1. The van der Waals surface area contributed by atoms with Crippen molar-refractivity contribution in [2.24, 2.45) is 5.92 Å². The summed E-state index contributed by atoms with van der Waals surface area (Å²) in [5, 5.41) is 10.3. The average molecular weight is 247 g/mol. The van der Waals surface area contributed by atoms with E-state index in [9.17, 15) is 9.50 Å². The molecule has 0 aliphatic heterocycles. The molecule has 1 N–H and O–H groups in total. The number of hydrogen-bond donors (Lipinski definition) is 1. The van der Waals surface area contributed by atoms with Crippen LogP contribution in [-0.2, 0) is 11.2 Å². The number of hydrogen-bond acceptors (Lipinski definition) is 2. The first-order chi connectivity index (χ1) is 7.54. The van der Waals surface area contributed by atoms with Crippen LogP contribution in [0.5, 0.6) is 0 Å². The fourth-order valence-corrected chi connectivity index (χ4v) is 1.69. The van der Waals surface area contributed by atoms with Crippen molar-refractivity contribution >= 4 is 11.6 Å². The van der Waals surface area contributed by atoms with Gasteiger partial charge in [0.15, 0.2) is 0 Å². The summed E-state index contributed by atoms with van der Waals surface area (Å²) in [4.78, 5) is 0. The number of ether oxygens (including phenoxy) is 1. The number of rotatable bonds is 5. The standard InChI is InChI=1S/C12H16ClFO2/c1-8(7-16-2)12(15)6-9-5-10(13)3-4-11(9)14/h3-5,8,12,15H,6-7H2,1-2H3. The third-order valence-corrected chi connectivity index (χ3v) is 2.76. The molecule has 2 nitrogen and oxygen atoms in total. The topological polar surface area (TPSA) is 29.5 Å². The Kier molecular flexibility index (Phi) is 5.19. The summed E-state index contributed by atoms with van der Waals surface area (Å²) in [5.74, 6) is -0.378. The van der Waals surface area contributed by atoms with Crippen LogP contribution < -0.4 is 0 Å². The Morgan fingerprint density at radius 3 is 2.81 bits per heavy atom. The maximum absolute atomic E-state index is 13.4. The van der Waals surface area contributed by atoms with Crippen LogP contribution in [-0.4, -0.2) is 24.9 Å². The lowest BCUT2D eigenvalue weighted by Gasteiger charge is -2.18. The molecule has 0 amide bonds. The number of aliphatic hydroxyl groups is 1. The van der Waals surface area contributed by atoms with Crippen molar-refractivity contribution in [1.82, 2.24) is 0 Å². The van der Waals surface area contributed by atoms with E-state index < -0.39 is 6.10 Å². The van der Waals surface area contributed by atoms with Crippen LogP contribution >= 0.6 is 11.6 Å². The second-order valence-electron chi connectivity index (χ2n) is 3.94. The average Bonchev–Trinajstić information content (AvgIpc) is 2.23. The second-order valence-corrected chi connectivity index (χ2v) is 4.38. The van der Waals surface area contributed by atoms with Gasteiger partial charge in [-0.2, -0.15) is 0 Å². The van der Waals surface area contributed by atoms with Gasteiger partial charge in [-0.05, 0) is 23.8 Å². The van der Waals surface area contributed by atoms with Gasteiger partial charge in [0.05, 0.1) is 12.7 Å². The molecular formula is C12H16ClFO2. The van der Waals surface area contributed by atoms with Crippen molar-refractivity contribution in [1.29, 1.82) is 0 Å². The molecular weight excluding hydrogens is 231 g/mol. The van der Waals surface area contributed by atoms with Crippen LogP contribution in [0.2, 0.25) is 5.02 Å². The Labute approximate surface area is 100.0 Å². The van der Waals surface area contributed by atoms with Crippen LogP contribution in [0.25, 0.3) is 0 Å². The predicted molar refractivity (Wildman–Crippen MR) is 62.2 cm³/mol. The van der Waals surface area contributed by atoms with Gasteiger partial charge in [-0.25, -0.2) is 4.39 Å². The molecule has 2 atom stereocenters. The molecule has 0 heterocycles. The Bertz CT molecular complexity index is 344. The van der Waals surface area contributed by atoms with Crippen LogP contribution in [0.4, 0.5) is 4.39 Å². The number of methoxy groups -OCH3 is 1. The lowest BCUT2D eigenvalue weighted by molar-refractivity contribution is 0.0570. The van der Waals surface area contributed by atoms with Gasteiger partial charge in [-0.3, -0.25) is 0 Å². The minimum Gasteiger partial charge on any atom is -0.392 e. The molecule has 1 rings (SSSR count). The smallest absolute Gasteiger partial charge is 0.126 e. The van der Waals surface area contributed by atoms with Crippen molar-refractivity contribution in [2.45, 2.75) is 19.4 Å². The quantitative estimate of drug-likeness (QED) is 0.866. The first-order valence-corrected chi connectivity index (χ1v) is 5.53. The molecule has 0 aliphatic rings. The molecule has 0 aromatic heterocycles. The van der Waals surface area contributed by atoms with E-state index in [2.05, 4.69) is 0 Å². The zero-order valence-corrected chi connectivity index (χ0v) is 10.2. The molecule has 90 valence electrons. The van der Waals surface area contributed by atoms with Gasteiger partial charge in [0, 0.05) is 24.5 Å². The van der Waals surface area contributed by atoms with Crippen molar-refractivity contribution in [3.05, 3.63) is 34.6 Å². The molecule has 1 aromatic rings. The minimum absolute atomic E-state index is 0.0385. The molecule has 0 aliphatic carbocycles. The second kappa shape index (κ2) is 6.18. The van der Waals surface area contributed by atoms with Crippen LogP contribution in [0.1, 0.15) is 12.5 Å². The van der Waals surface area contributed by atoms with Crippen molar-refractivity contribution in [3.63, 3.8) is 0 Å². The van der Waals surface area contributed by atoms with Crippen molar-refractivity contribution < 1.29 is 14.2 Å². The van der Waals surface area contributed by atoms with Gasteiger partial charge in [-0.1, -0.05) is 18.5 Å². The number of benzene rings is 1. The summed E-state index contributed by atoms with van der Waals surface area (Å²) in [6, 6.07) is 4.34. The normalized spacial score (nSPS) is 14.8. The summed E-state index contributed by atoms with van der Waals surface area (Å²) in [6.07, 6.45) is -0.385. The van der Waals surface area contributed by atoms with Crippen molar-refractivity contribution in [3.8, 4) is 0 Å². The van der Waals surface area contributed by atoms with E-state index in [1.807, 2.05) is 6.92 Å². The number of halogens is 2. The molecule has 2 unspecified atom stereocenters. The van der Waals surface area contributed by atoms with Crippen LogP contribution in [0, 0.1) is 11.7 Å². The summed E-state index contributed by atoms with van der Waals surface area (Å²) in [7, 11) is 1.57. The lowest BCUT2D eigenvalue weighted by atomic mass is 9.98. The molecule has 0 saturated carbocycles. The summed E-state index contributed by atoms with van der Waals surface area (Å²) in [6.45, 7) is 2.31. The highest BCUT2D eigenvalue weighted by Gasteiger charge is 2.16. The van der Waals surface area contributed by atoms with Crippen LogP contribution in [0.15, 0.2) is 18.2 Å². The largest absolute Gasteiger partial charge is 0.392 e. The van der Waals surface area contributed by atoms with E-state index >= 15 is 0 Å². The van der Waals surface area contributed by atoms with E-state index in [0.717, 1.165) is 0 Å². The minimum atomic E-state index is -0.632. The lowest BCUT2D eigenvalue weighted by Crippen LogP contribution is -2.24. The summed E-state index contributed by atoms with van der Waals surface area (Å²) >= 11 is 5.77. The van der Waals surface area contributed by atoms with E-state index in [1.54, 1.807) is 13.2 Å². The third kappa shape index (κ3) is 3.74. The predicted octanol–water partition coefficient (Wildman–Crippen LogP) is 2.67. The molecule has 16 heavy (non-hydrogen) atoms. The molecule has 0 spiro atoms. The highest BCUT2D eigenvalue weighted by atomic mass is 35.5. The Balaban J connectivity index is 2.68. The molecule has 0 radical (unpaired) electrons. The maximum atomic E-state index is 13.4. The Morgan fingerprint density at radius 2 is 2.19 bits per heavy atom. The van der Waals surface area contributed by atoms with E-state index in [1.165, 1.54) is 12.1 Å². The Morgan fingerprint density at radius 1 is 1.50 bits per heavy atom. The first kappa shape index (κ1) is 13.4. The van der Waals surface area contributed by atoms with Gasteiger partial charge in [0.2, 0.25) is 0 Å². The molecule has 1 aromatic carbocycles. The number of aliphatic hydroxyl groups excluding tert-OH is 1. The van der Waals surface area contributed by atoms with E-state index in [0.29, 0.717) is 17.2 Å². The molecule has 4 heteroatoms. The van der Waals surface area contributed by atoms with Gasteiger partial charge in [-0.15, -0.1) is 0 Å². The van der Waals surface area contributed by atoms with E-state index in [4.69, 9.17) is 16.3 Å². The van der Waals surface area contributed by atoms with Crippen molar-refractivity contribution in [2.75, 3.05) is 13.7 Å². The highest BCUT2D eigenvalue weighted by molar-refractivity contribution is 6.30. The SMILES string of the molecule is COCC(C)C(O)Cc1cc(Cl)ccc1F. The van der Waals surface area contributed by atoms with Crippen LogP contribution in [0.3, 0.4) is 0 Å². The highest BCUT2D eigenvalue weighted by Crippen LogP contribution is 2.18. The summed E-state index contributed by atoms with van der Waals surface area (Å²) < 4.78 is 18.3. The fraction of sp³-hybridized carbons (Fsp3) is 0.500. The van der Waals surface area contributed by atoms with Gasteiger partial charge in [0.1, 0.15) is 5.82 Å². The monoisotopic (exact) mass is 246 g/mol. The first-order valence-electron chi connectivity index (χ1n) is 5.15. The van der Waals surface area contributed by atoms with Gasteiger partial charge < -0.3 is 9.84 Å². The van der Waals surface area contributed by atoms with E-state index in [-0.39, 0.29) is 18.2 Å². The van der Waals surface area contributed by atoms with Gasteiger partial charge >= 0.3 is 0 Å². The van der Waals surface area contributed by atoms with Gasteiger partial charge in [0.25, 0.3) is 0 Å². The molecule has 0 bridgehead atoms. The Hall–Kier alpha value is -0.640.